The van der Waals surface area contributed by atoms with E-state index in [9.17, 15) is 0 Å². The van der Waals surface area contributed by atoms with Gasteiger partial charge in [0.2, 0.25) is 0 Å². The van der Waals surface area contributed by atoms with Gasteiger partial charge in [-0.15, -0.1) is 0 Å². The van der Waals surface area contributed by atoms with Gasteiger partial charge in [0.05, 0.1) is 11.4 Å². The number of nitrogens with zero attached hydrogens (tertiary/aromatic N) is 1. The number of fused-ring (bicyclic) bond motifs is 5. The quantitative estimate of drug-likeness (QED) is 0.191. The smallest absolute Gasteiger partial charge is 0.0715 e. The van der Waals surface area contributed by atoms with Gasteiger partial charge in [0.25, 0.3) is 0 Å². The molecular weight excluding hydrogens is 607 g/mol. The lowest BCUT2D eigenvalue weighted by Crippen LogP contribution is -2.15. The van der Waals surface area contributed by atoms with Crippen LogP contribution in [-0.2, 0) is 5.41 Å². The molecule has 0 unspecified atom stereocenters. The van der Waals surface area contributed by atoms with Crippen molar-refractivity contribution in [3.63, 3.8) is 0 Å². The van der Waals surface area contributed by atoms with Crippen LogP contribution < -0.4 is 0 Å². The van der Waals surface area contributed by atoms with Crippen molar-refractivity contribution in [2.75, 3.05) is 0 Å². The molecule has 1 nitrogen and oxygen atoms in total. The van der Waals surface area contributed by atoms with Gasteiger partial charge in [-0.05, 0) is 87.0 Å². The molecule has 224 valence electrons. The van der Waals surface area contributed by atoms with E-state index in [-0.39, 0.29) is 5.41 Å². The topological polar surface area (TPSA) is 12.9 Å². The van der Waals surface area contributed by atoms with Gasteiger partial charge < -0.3 is 0 Å². The third-order valence-electron chi connectivity index (χ3n) is 9.55. The van der Waals surface area contributed by atoms with E-state index in [1.807, 2.05) is 29.6 Å². The molecule has 0 bridgehead atoms. The van der Waals surface area contributed by atoms with Crippen LogP contribution in [0.5, 0.6) is 0 Å². The molecule has 0 spiro atoms. The predicted octanol–water partition coefficient (Wildman–Crippen LogP) is 12.7. The summed E-state index contributed by atoms with van der Waals surface area (Å²) in [5, 5.41) is 0. The molecule has 1 aliphatic carbocycles. The van der Waals surface area contributed by atoms with Gasteiger partial charge in [0.1, 0.15) is 0 Å². The Morgan fingerprint density at radius 2 is 0.872 bits per heavy atom. The average molecular weight is 638 g/mol. The van der Waals surface area contributed by atoms with Crippen LogP contribution >= 0.6 is 23.5 Å². The Balaban J connectivity index is 1.07. The van der Waals surface area contributed by atoms with Gasteiger partial charge in [0.15, 0.2) is 0 Å². The Morgan fingerprint density at radius 1 is 0.383 bits per heavy atom. The number of aromatic nitrogens is 1. The second-order valence-corrected chi connectivity index (χ2v) is 15.0. The number of pyridine rings is 1. The lowest BCUT2D eigenvalue weighted by Gasteiger charge is -2.24. The lowest BCUT2D eigenvalue weighted by atomic mass is 9.81. The molecule has 0 N–H and O–H groups in total. The van der Waals surface area contributed by atoms with E-state index in [0.29, 0.717) is 0 Å². The molecule has 2 aliphatic rings. The van der Waals surface area contributed by atoms with Crippen molar-refractivity contribution in [3.8, 4) is 55.9 Å². The molecule has 9 rings (SSSR count). The maximum atomic E-state index is 5.13. The van der Waals surface area contributed by atoms with E-state index < -0.39 is 0 Å². The van der Waals surface area contributed by atoms with Crippen molar-refractivity contribution in [2.24, 2.45) is 0 Å². The van der Waals surface area contributed by atoms with E-state index in [2.05, 4.69) is 159 Å². The van der Waals surface area contributed by atoms with Crippen LogP contribution in [-0.4, -0.2) is 4.98 Å². The summed E-state index contributed by atoms with van der Waals surface area (Å²) in [5.41, 5.74) is 14.5. The first-order chi connectivity index (χ1) is 23.0. The highest BCUT2D eigenvalue weighted by atomic mass is 32.2. The minimum atomic E-state index is -0.0759. The fourth-order valence-corrected chi connectivity index (χ4v) is 9.28. The number of hydrogen-bond donors (Lipinski definition) is 0. The fraction of sp³-hybridized carbons (Fsp3) is 0.0682. The van der Waals surface area contributed by atoms with Gasteiger partial charge in [-0.25, -0.2) is 4.98 Å². The van der Waals surface area contributed by atoms with Crippen LogP contribution in [0.4, 0.5) is 0 Å². The highest BCUT2D eigenvalue weighted by Crippen LogP contribution is 2.56. The molecule has 6 aromatic carbocycles. The minimum absolute atomic E-state index is 0.0759. The Kier molecular flexibility index (Phi) is 6.74. The molecule has 47 heavy (non-hydrogen) atoms. The van der Waals surface area contributed by atoms with Crippen LogP contribution in [0.25, 0.3) is 55.9 Å². The average Bonchev–Trinajstić information content (AvgIpc) is 3.35. The molecule has 0 fully saturated rings. The van der Waals surface area contributed by atoms with Crippen LogP contribution in [0.15, 0.2) is 171 Å². The third kappa shape index (κ3) is 4.93. The highest BCUT2D eigenvalue weighted by Gasteiger charge is 2.37. The molecule has 7 aromatic rings. The largest absolute Gasteiger partial charge is 0.248 e. The Hall–Kier alpha value is -4.83. The lowest BCUT2D eigenvalue weighted by molar-refractivity contribution is 0.658. The second-order valence-electron chi connectivity index (χ2n) is 12.8. The van der Waals surface area contributed by atoms with Gasteiger partial charge in [-0.3, -0.25) is 0 Å². The van der Waals surface area contributed by atoms with Crippen molar-refractivity contribution in [1.29, 1.82) is 0 Å². The number of hydrogen-bond acceptors (Lipinski definition) is 3. The van der Waals surface area contributed by atoms with Gasteiger partial charge in [-0.2, -0.15) is 0 Å². The molecule has 0 atom stereocenters. The monoisotopic (exact) mass is 637 g/mol. The summed E-state index contributed by atoms with van der Waals surface area (Å²) in [6.45, 7) is 4.75. The molecule has 0 radical (unpaired) electrons. The molecular formula is C44H31NS2. The summed E-state index contributed by atoms with van der Waals surface area (Å²) in [5.74, 6) is 0. The summed E-state index contributed by atoms with van der Waals surface area (Å²) in [6, 6.07) is 55.0. The molecule has 0 amide bonds. The summed E-state index contributed by atoms with van der Waals surface area (Å²) in [4.78, 5) is 10.6. The zero-order valence-electron chi connectivity index (χ0n) is 26.2. The van der Waals surface area contributed by atoms with Crippen molar-refractivity contribution in [1.82, 2.24) is 4.98 Å². The Morgan fingerprint density at radius 3 is 1.53 bits per heavy atom. The van der Waals surface area contributed by atoms with Crippen LogP contribution in [0.3, 0.4) is 0 Å². The van der Waals surface area contributed by atoms with Crippen molar-refractivity contribution in [2.45, 2.75) is 38.8 Å². The molecule has 1 aromatic heterocycles. The van der Waals surface area contributed by atoms with Crippen LogP contribution in [0.2, 0.25) is 0 Å². The predicted molar refractivity (Wildman–Crippen MR) is 198 cm³/mol. The van der Waals surface area contributed by atoms with Gasteiger partial charge in [-0.1, -0.05) is 147 Å². The second kappa shape index (κ2) is 11.2. The van der Waals surface area contributed by atoms with Crippen molar-refractivity contribution in [3.05, 3.63) is 163 Å². The summed E-state index contributed by atoms with van der Waals surface area (Å²) >= 11 is 3.80. The fourth-order valence-electron chi connectivity index (χ4n) is 7.00. The first-order valence-corrected chi connectivity index (χ1v) is 17.7. The number of rotatable bonds is 4. The first-order valence-electron chi connectivity index (χ1n) is 16.0. The van der Waals surface area contributed by atoms with Crippen molar-refractivity contribution >= 4 is 23.5 Å². The number of benzene rings is 6. The van der Waals surface area contributed by atoms with Gasteiger partial charge in [0, 0.05) is 36.1 Å². The third-order valence-corrected chi connectivity index (χ3v) is 12.1. The van der Waals surface area contributed by atoms with E-state index in [1.165, 1.54) is 64.1 Å². The summed E-state index contributed by atoms with van der Waals surface area (Å²) < 4.78 is 0. The van der Waals surface area contributed by atoms with E-state index >= 15 is 0 Å². The molecule has 2 heterocycles. The SMILES string of the molecule is CC1(C)c2cc(-c3ccc(-c4cc(-c5ccccc5)cc(-c5ccccc5)n4)cc3)ccc2-c2cc3c(cc21)Sc1ccccc1S3. The minimum Gasteiger partial charge on any atom is -0.248 e. The van der Waals surface area contributed by atoms with Gasteiger partial charge >= 0.3 is 0 Å². The zero-order valence-corrected chi connectivity index (χ0v) is 27.8. The van der Waals surface area contributed by atoms with E-state index in [0.717, 1.165) is 22.5 Å². The summed E-state index contributed by atoms with van der Waals surface area (Å²) in [6.07, 6.45) is 0. The zero-order chi connectivity index (χ0) is 31.5. The standard InChI is InChI=1S/C44H31NS2/c1-44(2)36-23-32(21-22-34(36)35-26-42-43(27-37(35)44)47-41-16-10-9-15-40(41)46-42)29-17-19-31(20-18-29)39-25-33(28-11-5-3-6-12-28)24-38(45-39)30-13-7-4-8-14-30/h3-27H,1-2H3. The first kappa shape index (κ1) is 28.4. The van der Waals surface area contributed by atoms with Crippen LogP contribution in [0, 0.1) is 0 Å². The highest BCUT2D eigenvalue weighted by molar-refractivity contribution is 8.05. The van der Waals surface area contributed by atoms with Crippen molar-refractivity contribution < 1.29 is 0 Å². The Labute approximate surface area is 284 Å². The molecule has 1 aliphatic heterocycles. The van der Waals surface area contributed by atoms with E-state index in [4.69, 9.17) is 4.98 Å². The molecule has 0 saturated heterocycles. The Bertz CT molecular complexity index is 2250. The molecule has 0 saturated carbocycles. The maximum Gasteiger partial charge on any atom is 0.0715 e. The van der Waals surface area contributed by atoms with E-state index in [1.54, 1.807) is 0 Å². The van der Waals surface area contributed by atoms with Crippen LogP contribution in [0.1, 0.15) is 25.0 Å². The molecule has 3 heteroatoms. The summed E-state index contributed by atoms with van der Waals surface area (Å²) in [7, 11) is 0. The normalized spacial score (nSPS) is 13.7. The maximum absolute atomic E-state index is 5.13.